The first-order chi connectivity index (χ1) is 8.15. The minimum Gasteiger partial charge on any atom is -0.465 e. The van der Waals surface area contributed by atoms with Crippen molar-refractivity contribution < 1.29 is 9.53 Å². The molecule has 0 spiro atoms. The first kappa shape index (κ1) is 13.6. The lowest BCUT2D eigenvalue weighted by atomic mass is 10.1. The summed E-state index contributed by atoms with van der Waals surface area (Å²) in [6, 6.07) is 3.54. The van der Waals surface area contributed by atoms with E-state index < -0.39 is 5.97 Å². The molecule has 0 radical (unpaired) electrons. The van der Waals surface area contributed by atoms with Gasteiger partial charge < -0.3 is 9.72 Å². The van der Waals surface area contributed by atoms with Gasteiger partial charge in [-0.15, -0.1) is 0 Å². The van der Waals surface area contributed by atoms with Gasteiger partial charge >= 0.3 is 5.97 Å². The number of rotatable bonds is 1. The van der Waals surface area contributed by atoms with Crippen LogP contribution in [0.1, 0.15) is 29.8 Å². The fraction of sp³-hybridized carbons (Fsp3) is 0.308. The highest BCUT2D eigenvalue weighted by Gasteiger charge is 2.14. The van der Waals surface area contributed by atoms with Gasteiger partial charge in [0.25, 0.3) is 0 Å². The Morgan fingerprint density at radius 2 is 2.00 bits per heavy atom. The van der Waals surface area contributed by atoms with E-state index in [1.165, 1.54) is 7.11 Å². The predicted octanol–water partition coefficient (Wildman–Crippen LogP) is 3.94. The molecule has 2 rings (SSSR count). The summed E-state index contributed by atoms with van der Waals surface area (Å²) in [7, 11) is 1.34. The number of aryl methyl sites for hydroxylation is 1. The number of methoxy groups -OCH3 is 1. The molecule has 1 N–H and O–H groups in total. The number of nitrogens with one attached hydrogen (secondary N) is 1. The van der Waals surface area contributed by atoms with E-state index >= 15 is 0 Å². The van der Waals surface area contributed by atoms with Crippen molar-refractivity contribution in [3.63, 3.8) is 0 Å². The molecule has 0 bridgehead atoms. The Morgan fingerprint density at radius 3 is 2.59 bits per heavy atom. The Morgan fingerprint density at radius 1 is 1.35 bits per heavy atom. The number of hydrogen-bond acceptors (Lipinski definition) is 2. The second-order valence-corrected chi connectivity index (χ2v) is 3.69. The Kier molecular flexibility index (Phi) is 4.58. The number of benzene rings is 1. The van der Waals surface area contributed by atoms with Crippen LogP contribution in [0.15, 0.2) is 18.3 Å². The van der Waals surface area contributed by atoms with Crippen LogP contribution < -0.4 is 0 Å². The molecule has 4 heteroatoms. The van der Waals surface area contributed by atoms with Crippen LogP contribution in [0.5, 0.6) is 0 Å². The maximum absolute atomic E-state index is 11.4. The Labute approximate surface area is 106 Å². The third-order valence-corrected chi connectivity index (χ3v) is 2.80. The van der Waals surface area contributed by atoms with Crippen LogP contribution in [0.3, 0.4) is 0 Å². The second kappa shape index (κ2) is 5.73. The normalized spacial score (nSPS) is 9.71. The number of carbonyl (C=O) groups is 1. The maximum atomic E-state index is 11.4. The summed E-state index contributed by atoms with van der Waals surface area (Å²) in [5.74, 6) is -0.422. The number of hydrogen-bond donors (Lipinski definition) is 1. The van der Waals surface area contributed by atoms with E-state index in [1.54, 1.807) is 6.07 Å². The molecule has 0 amide bonds. The van der Waals surface area contributed by atoms with Gasteiger partial charge in [0.1, 0.15) is 0 Å². The minimum atomic E-state index is -0.422. The Hall–Kier alpha value is -1.48. The van der Waals surface area contributed by atoms with Crippen molar-refractivity contribution >= 4 is 28.5 Å². The van der Waals surface area contributed by atoms with E-state index in [0.717, 1.165) is 16.5 Å². The third-order valence-electron chi connectivity index (χ3n) is 2.41. The van der Waals surface area contributed by atoms with Gasteiger partial charge in [0.15, 0.2) is 0 Å². The second-order valence-electron chi connectivity index (χ2n) is 3.31. The molecule has 0 aliphatic heterocycles. The molecule has 3 nitrogen and oxygen atoms in total. The molecule has 1 aromatic heterocycles. The zero-order valence-corrected chi connectivity index (χ0v) is 11.2. The molecule has 17 heavy (non-hydrogen) atoms. The Bertz CT molecular complexity index is 531. The van der Waals surface area contributed by atoms with Gasteiger partial charge in [0.2, 0.25) is 0 Å². The number of esters is 1. The van der Waals surface area contributed by atoms with Crippen LogP contribution in [0.25, 0.3) is 10.9 Å². The molecule has 1 aromatic carbocycles. The minimum absolute atomic E-state index is 0.383. The number of aromatic nitrogens is 1. The van der Waals surface area contributed by atoms with Crippen LogP contribution in [-0.2, 0) is 4.74 Å². The van der Waals surface area contributed by atoms with E-state index in [-0.39, 0.29) is 0 Å². The third kappa shape index (κ3) is 2.44. The lowest BCUT2D eigenvalue weighted by Crippen LogP contribution is -2.01. The van der Waals surface area contributed by atoms with E-state index in [4.69, 9.17) is 11.6 Å². The number of ether oxygens (including phenoxy) is 1. The molecule has 0 aliphatic rings. The molecular formula is C13H16ClNO2. The van der Waals surface area contributed by atoms with Crippen LogP contribution in [0.4, 0.5) is 0 Å². The highest BCUT2D eigenvalue weighted by atomic mass is 35.5. The molecular weight excluding hydrogens is 238 g/mol. The molecule has 0 atom stereocenters. The van der Waals surface area contributed by atoms with Gasteiger partial charge in [-0.05, 0) is 18.6 Å². The maximum Gasteiger partial charge on any atom is 0.339 e. The van der Waals surface area contributed by atoms with Crippen molar-refractivity contribution in [2.45, 2.75) is 20.8 Å². The van der Waals surface area contributed by atoms with Crippen molar-refractivity contribution in [1.29, 1.82) is 0 Å². The van der Waals surface area contributed by atoms with E-state index in [1.807, 2.05) is 33.0 Å². The molecule has 0 unspecified atom stereocenters. The fourth-order valence-electron chi connectivity index (χ4n) is 1.57. The molecule has 0 aliphatic carbocycles. The lowest BCUT2D eigenvalue weighted by molar-refractivity contribution is 0.0601. The molecule has 1 heterocycles. The summed E-state index contributed by atoms with van der Waals surface area (Å²) < 4.78 is 4.64. The van der Waals surface area contributed by atoms with E-state index in [2.05, 4.69) is 9.72 Å². The molecule has 92 valence electrons. The number of H-pyrrole nitrogens is 1. The smallest absolute Gasteiger partial charge is 0.339 e. The van der Waals surface area contributed by atoms with E-state index in [0.29, 0.717) is 10.6 Å². The van der Waals surface area contributed by atoms with Crippen LogP contribution in [-0.4, -0.2) is 18.1 Å². The molecule has 0 saturated carbocycles. The van der Waals surface area contributed by atoms with Crippen molar-refractivity contribution in [2.24, 2.45) is 0 Å². The van der Waals surface area contributed by atoms with Gasteiger partial charge in [-0.25, -0.2) is 4.79 Å². The van der Waals surface area contributed by atoms with Crippen LogP contribution in [0, 0.1) is 6.92 Å². The number of carbonyl (C=O) groups excluding carboxylic acids is 1. The molecule has 0 fully saturated rings. The van der Waals surface area contributed by atoms with Crippen molar-refractivity contribution in [3.05, 3.63) is 34.5 Å². The van der Waals surface area contributed by atoms with Gasteiger partial charge in [-0.3, -0.25) is 0 Å². The summed E-state index contributed by atoms with van der Waals surface area (Å²) in [5, 5.41) is 1.43. The summed E-state index contributed by atoms with van der Waals surface area (Å²) in [4.78, 5) is 14.4. The van der Waals surface area contributed by atoms with E-state index in [9.17, 15) is 4.79 Å². The van der Waals surface area contributed by atoms with Crippen molar-refractivity contribution in [1.82, 2.24) is 4.98 Å². The first-order valence-corrected chi connectivity index (χ1v) is 5.87. The summed E-state index contributed by atoms with van der Waals surface area (Å²) >= 11 is 6.10. The fourth-order valence-corrected chi connectivity index (χ4v) is 1.87. The summed E-state index contributed by atoms with van der Waals surface area (Å²) in [5.41, 5.74) is 2.26. The summed E-state index contributed by atoms with van der Waals surface area (Å²) in [6.07, 6.45) is 1.86. The van der Waals surface area contributed by atoms with Crippen LogP contribution >= 0.6 is 11.6 Å². The molecule has 2 aromatic rings. The topological polar surface area (TPSA) is 42.1 Å². The molecule has 0 saturated heterocycles. The highest BCUT2D eigenvalue weighted by molar-refractivity contribution is 6.38. The first-order valence-electron chi connectivity index (χ1n) is 5.49. The number of fused-ring (bicyclic) bond motifs is 1. The number of aromatic amines is 1. The SMILES string of the molecule is CC.COC(=O)c1ccc2c(C)c[nH]c2c1Cl. The largest absolute Gasteiger partial charge is 0.465 e. The van der Waals surface area contributed by atoms with Gasteiger partial charge in [0.05, 0.1) is 23.2 Å². The lowest BCUT2D eigenvalue weighted by Gasteiger charge is -2.03. The van der Waals surface area contributed by atoms with Crippen molar-refractivity contribution in [2.75, 3.05) is 7.11 Å². The number of halogens is 1. The van der Waals surface area contributed by atoms with Gasteiger partial charge in [-0.2, -0.15) is 0 Å². The van der Waals surface area contributed by atoms with Gasteiger partial charge in [-0.1, -0.05) is 31.5 Å². The zero-order valence-electron chi connectivity index (χ0n) is 10.4. The average Bonchev–Trinajstić information content (AvgIpc) is 2.74. The van der Waals surface area contributed by atoms with Crippen molar-refractivity contribution in [3.8, 4) is 0 Å². The monoisotopic (exact) mass is 253 g/mol. The predicted molar refractivity (Wildman–Crippen MR) is 70.7 cm³/mol. The van der Waals surface area contributed by atoms with Crippen LogP contribution in [0.2, 0.25) is 5.02 Å². The zero-order chi connectivity index (χ0) is 13.0. The average molecular weight is 254 g/mol. The van der Waals surface area contributed by atoms with Gasteiger partial charge in [0, 0.05) is 11.6 Å². The quantitative estimate of drug-likeness (QED) is 0.782. The standard InChI is InChI=1S/C11H10ClNO2.C2H6/c1-6-5-13-10-7(6)3-4-8(9(10)12)11(14)15-2;1-2/h3-5,13H,1-2H3;1-2H3. The Balaban J connectivity index is 0.000000686. The summed E-state index contributed by atoms with van der Waals surface area (Å²) in [6.45, 7) is 5.98. The highest BCUT2D eigenvalue weighted by Crippen LogP contribution is 2.28.